The maximum Gasteiger partial charge on any atom is 0.336 e. The van der Waals surface area contributed by atoms with Crippen molar-refractivity contribution in [2.45, 2.75) is 33.1 Å². The Bertz CT molecular complexity index is 626. The van der Waals surface area contributed by atoms with Crippen LogP contribution in [0, 0.1) is 5.41 Å². The van der Waals surface area contributed by atoms with E-state index in [1.807, 2.05) is 50.2 Å². The van der Waals surface area contributed by atoms with E-state index < -0.39 is 0 Å². The van der Waals surface area contributed by atoms with Gasteiger partial charge in [-0.05, 0) is 35.4 Å². The lowest BCUT2D eigenvalue weighted by molar-refractivity contribution is 0.147. The zero-order valence-electron chi connectivity index (χ0n) is 12.6. The highest BCUT2D eigenvalue weighted by Gasteiger charge is 2.16. The minimum Gasteiger partial charge on any atom is -0.428 e. The highest BCUT2D eigenvalue weighted by atomic mass is 16.4. The number of aryl methyl sites for hydroxylation is 1. The van der Waals surface area contributed by atoms with Gasteiger partial charge in [0.1, 0.15) is 5.76 Å². The van der Waals surface area contributed by atoms with Gasteiger partial charge in [-0.1, -0.05) is 44.2 Å². The van der Waals surface area contributed by atoms with Crippen LogP contribution in [0.1, 0.15) is 32.4 Å². The second-order valence-electron chi connectivity index (χ2n) is 6.17. The van der Waals surface area contributed by atoms with Crippen molar-refractivity contribution in [2.24, 2.45) is 5.41 Å². The molecular weight excluding hydrogens is 264 g/mol. The van der Waals surface area contributed by atoms with Crippen LogP contribution in [0.3, 0.4) is 0 Å². The molecule has 21 heavy (non-hydrogen) atoms. The Balaban J connectivity index is 2.11. The van der Waals surface area contributed by atoms with Gasteiger partial charge in [0.05, 0.1) is 0 Å². The molecule has 0 atom stereocenters. The van der Waals surface area contributed by atoms with Gasteiger partial charge in [0.15, 0.2) is 0 Å². The van der Waals surface area contributed by atoms with Crippen molar-refractivity contribution in [3.8, 4) is 11.1 Å². The molecule has 0 saturated heterocycles. The van der Waals surface area contributed by atoms with Crippen molar-refractivity contribution in [2.75, 3.05) is 6.61 Å². The van der Waals surface area contributed by atoms with Gasteiger partial charge < -0.3 is 9.52 Å². The molecule has 0 saturated carbocycles. The Hall–Kier alpha value is -1.87. The van der Waals surface area contributed by atoms with Crippen LogP contribution in [-0.2, 0) is 6.42 Å². The first-order valence-electron chi connectivity index (χ1n) is 7.30. The number of hydrogen-bond acceptors (Lipinski definition) is 3. The standard InChI is InChI=1S/C18H22O3/c1-18(2,13-19)10-6-9-16-11-15(12-17(20)21-16)14-7-4-3-5-8-14/h3-5,7-8,11-12,19H,6,9-10,13H2,1-2H3. The largest absolute Gasteiger partial charge is 0.428 e. The summed E-state index contributed by atoms with van der Waals surface area (Å²) in [6.07, 6.45) is 2.48. The van der Waals surface area contributed by atoms with Crippen molar-refractivity contribution in [1.82, 2.24) is 0 Å². The summed E-state index contributed by atoms with van der Waals surface area (Å²) in [5, 5.41) is 9.25. The molecule has 0 spiro atoms. The minimum atomic E-state index is -0.312. The topological polar surface area (TPSA) is 50.4 Å². The predicted octanol–water partition coefficient (Wildman–Crippen LogP) is 3.65. The minimum absolute atomic E-state index is 0.0860. The molecule has 1 heterocycles. The lowest BCUT2D eigenvalue weighted by Crippen LogP contribution is -2.16. The van der Waals surface area contributed by atoms with E-state index >= 15 is 0 Å². The van der Waals surface area contributed by atoms with Crippen molar-refractivity contribution in [3.63, 3.8) is 0 Å². The van der Waals surface area contributed by atoms with Gasteiger partial charge in [-0.15, -0.1) is 0 Å². The third-order valence-corrected chi connectivity index (χ3v) is 3.63. The van der Waals surface area contributed by atoms with E-state index in [4.69, 9.17) is 4.42 Å². The summed E-state index contributed by atoms with van der Waals surface area (Å²) in [4.78, 5) is 11.7. The summed E-state index contributed by atoms with van der Waals surface area (Å²) >= 11 is 0. The van der Waals surface area contributed by atoms with E-state index in [-0.39, 0.29) is 17.6 Å². The van der Waals surface area contributed by atoms with Crippen LogP contribution in [-0.4, -0.2) is 11.7 Å². The molecule has 0 aliphatic heterocycles. The molecule has 0 unspecified atom stereocenters. The third-order valence-electron chi connectivity index (χ3n) is 3.63. The fourth-order valence-electron chi connectivity index (χ4n) is 2.27. The van der Waals surface area contributed by atoms with E-state index in [0.717, 1.165) is 24.0 Å². The Labute approximate surface area is 125 Å². The Morgan fingerprint density at radius 3 is 2.48 bits per heavy atom. The SMILES string of the molecule is CC(C)(CO)CCCc1cc(-c2ccccc2)cc(=O)o1. The highest BCUT2D eigenvalue weighted by Crippen LogP contribution is 2.23. The first kappa shape index (κ1) is 15.5. The second-order valence-corrected chi connectivity index (χ2v) is 6.17. The fraction of sp³-hybridized carbons (Fsp3) is 0.389. The van der Waals surface area contributed by atoms with Crippen LogP contribution in [0.5, 0.6) is 0 Å². The maximum atomic E-state index is 11.7. The maximum absolute atomic E-state index is 11.7. The van der Waals surface area contributed by atoms with Gasteiger partial charge in [0, 0.05) is 19.1 Å². The smallest absolute Gasteiger partial charge is 0.336 e. The van der Waals surface area contributed by atoms with Gasteiger partial charge in [0.25, 0.3) is 0 Å². The predicted molar refractivity (Wildman–Crippen MR) is 84.2 cm³/mol. The van der Waals surface area contributed by atoms with Crippen LogP contribution in [0.2, 0.25) is 0 Å². The summed E-state index contributed by atoms with van der Waals surface area (Å²) in [6.45, 7) is 4.23. The highest BCUT2D eigenvalue weighted by molar-refractivity contribution is 5.62. The van der Waals surface area contributed by atoms with E-state index in [9.17, 15) is 9.90 Å². The fourth-order valence-corrected chi connectivity index (χ4v) is 2.27. The number of rotatable bonds is 6. The molecular formula is C18H22O3. The molecule has 1 N–H and O–H groups in total. The molecule has 0 amide bonds. The van der Waals surface area contributed by atoms with Crippen molar-refractivity contribution >= 4 is 0 Å². The van der Waals surface area contributed by atoms with Crippen molar-refractivity contribution in [3.05, 3.63) is 58.6 Å². The number of benzene rings is 1. The Kier molecular flexibility index (Phi) is 4.97. The molecule has 3 nitrogen and oxygen atoms in total. The molecule has 0 radical (unpaired) electrons. The molecule has 2 rings (SSSR count). The Morgan fingerprint density at radius 2 is 1.81 bits per heavy atom. The summed E-state index contributed by atoms with van der Waals surface area (Å²) in [5.74, 6) is 0.704. The second kappa shape index (κ2) is 6.72. The summed E-state index contributed by atoms with van der Waals surface area (Å²) in [6, 6.07) is 13.3. The lowest BCUT2D eigenvalue weighted by atomic mass is 9.88. The summed E-state index contributed by atoms with van der Waals surface area (Å²) in [5.41, 5.74) is 1.51. The van der Waals surface area contributed by atoms with Crippen molar-refractivity contribution in [1.29, 1.82) is 0 Å². The summed E-state index contributed by atoms with van der Waals surface area (Å²) in [7, 11) is 0. The molecule has 1 aromatic heterocycles. The zero-order valence-corrected chi connectivity index (χ0v) is 12.6. The van der Waals surface area contributed by atoms with Crippen LogP contribution < -0.4 is 5.63 Å². The van der Waals surface area contributed by atoms with Crippen LogP contribution in [0.25, 0.3) is 11.1 Å². The molecule has 0 aliphatic rings. The van der Waals surface area contributed by atoms with Crippen LogP contribution >= 0.6 is 0 Å². The molecule has 0 aliphatic carbocycles. The number of aliphatic hydroxyl groups excluding tert-OH is 1. The molecule has 1 aromatic carbocycles. The number of hydrogen-bond donors (Lipinski definition) is 1. The first-order chi connectivity index (χ1) is 10.00. The average molecular weight is 286 g/mol. The van der Waals surface area contributed by atoms with Crippen molar-refractivity contribution < 1.29 is 9.52 Å². The summed E-state index contributed by atoms with van der Waals surface area (Å²) < 4.78 is 5.27. The average Bonchev–Trinajstić information content (AvgIpc) is 2.47. The van der Waals surface area contributed by atoms with E-state index in [2.05, 4.69) is 0 Å². The number of aliphatic hydroxyl groups is 1. The monoisotopic (exact) mass is 286 g/mol. The van der Waals surface area contributed by atoms with E-state index in [1.165, 1.54) is 6.07 Å². The first-order valence-corrected chi connectivity index (χ1v) is 7.30. The quantitative estimate of drug-likeness (QED) is 0.882. The molecule has 112 valence electrons. The van der Waals surface area contributed by atoms with Crippen LogP contribution in [0.15, 0.2) is 51.7 Å². The third kappa shape index (κ3) is 4.57. The molecule has 2 aromatic rings. The molecule has 0 bridgehead atoms. The van der Waals surface area contributed by atoms with E-state index in [0.29, 0.717) is 12.2 Å². The normalized spacial score (nSPS) is 11.6. The van der Waals surface area contributed by atoms with Gasteiger partial charge >= 0.3 is 5.63 Å². The van der Waals surface area contributed by atoms with E-state index in [1.54, 1.807) is 0 Å². The van der Waals surface area contributed by atoms with Crippen LogP contribution in [0.4, 0.5) is 0 Å². The zero-order chi connectivity index (χ0) is 15.3. The molecule has 0 fully saturated rings. The van der Waals surface area contributed by atoms with Gasteiger partial charge in [-0.3, -0.25) is 0 Å². The lowest BCUT2D eigenvalue weighted by Gasteiger charge is -2.20. The van der Waals surface area contributed by atoms with Gasteiger partial charge in [-0.25, -0.2) is 4.79 Å². The molecule has 3 heteroatoms. The Morgan fingerprint density at radius 1 is 1.10 bits per heavy atom. The van der Waals surface area contributed by atoms with Gasteiger partial charge in [-0.2, -0.15) is 0 Å². The van der Waals surface area contributed by atoms with Gasteiger partial charge in [0.2, 0.25) is 0 Å².